The van der Waals surface area contributed by atoms with Gasteiger partial charge in [-0.2, -0.15) is 0 Å². The molecule has 0 nitrogen and oxygen atoms in total. The van der Waals surface area contributed by atoms with Crippen LogP contribution in [0, 0.1) is 17.6 Å². The van der Waals surface area contributed by atoms with Gasteiger partial charge >= 0.3 is 0 Å². The summed E-state index contributed by atoms with van der Waals surface area (Å²) >= 11 is 0. The van der Waals surface area contributed by atoms with Crippen molar-refractivity contribution in [3.8, 4) is 0 Å². The Kier molecular flexibility index (Phi) is 5.94. The molecule has 0 aromatic heterocycles. The molecule has 0 unspecified atom stereocenters. The highest BCUT2D eigenvalue weighted by Gasteiger charge is 2.22. The first kappa shape index (κ1) is 19.4. The first-order valence-electron chi connectivity index (χ1n) is 10.9. The van der Waals surface area contributed by atoms with Crippen molar-refractivity contribution in [1.29, 1.82) is 0 Å². The van der Waals surface area contributed by atoms with Gasteiger partial charge in [0, 0.05) is 0 Å². The molecule has 0 amide bonds. The molecule has 2 heteroatoms. The lowest BCUT2D eigenvalue weighted by molar-refractivity contribution is 0.304. The molecular formula is C26H30F2. The number of fused-ring (bicyclic) bond motifs is 1. The highest BCUT2D eigenvalue weighted by Crippen LogP contribution is 2.38. The summed E-state index contributed by atoms with van der Waals surface area (Å²) in [4.78, 5) is 0. The summed E-state index contributed by atoms with van der Waals surface area (Å²) in [7, 11) is 0. The average Bonchev–Trinajstić information content (AvgIpc) is 2.73. The summed E-state index contributed by atoms with van der Waals surface area (Å²) in [5, 5.41) is 0. The van der Waals surface area contributed by atoms with Crippen LogP contribution in [0.2, 0.25) is 0 Å². The molecule has 0 bridgehead atoms. The standard InChI is InChI=1S/C26H30F2/c1-2-3-4-18-5-7-19(8-6-18)20-9-11-21(12-10-20)22-13-14-23-16-25(27)26(28)17-24(23)15-22/h9-13,16-19H,2-8,14-15H2,1H3. The van der Waals surface area contributed by atoms with E-state index in [2.05, 4.69) is 37.3 Å². The van der Waals surface area contributed by atoms with Gasteiger partial charge in [0.25, 0.3) is 0 Å². The molecule has 28 heavy (non-hydrogen) atoms. The number of benzene rings is 2. The van der Waals surface area contributed by atoms with Gasteiger partial charge < -0.3 is 0 Å². The Morgan fingerprint density at radius 1 is 0.893 bits per heavy atom. The number of unbranched alkanes of at least 4 members (excludes halogenated alkanes) is 1. The monoisotopic (exact) mass is 380 g/mol. The largest absolute Gasteiger partial charge is 0.204 e. The van der Waals surface area contributed by atoms with Gasteiger partial charge in [-0.15, -0.1) is 0 Å². The van der Waals surface area contributed by atoms with E-state index in [1.54, 1.807) is 0 Å². The zero-order chi connectivity index (χ0) is 19.5. The van der Waals surface area contributed by atoms with Crippen molar-refractivity contribution < 1.29 is 8.78 Å². The Morgan fingerprint density at radius 3 is 2.25 bits per heavy atom. The van der Waals surface area contributed by atoms with Crippen LogP contribution in [-0.2, 0) is 12.8 Å². The lowest BCUT2D eigenvalue weighted by Gasteiger charge is -2.29. The van der Waals surface area contributed by atoms with Crippen molar-refractivity contribution in [3.05, 3.63) is 76.4 Å². The van der Waals surface area contributed by atoms with Crippen molar-refractivity contribution in [3.63, 3.8) is 0 Å². The number of halogens is 2. The number of allylic oxidation sites excluding steroid dienone is 2. The smallest absolute Gasteiger partial charge is 0.159 e. The molecule has 0 spiro atoms. The second-order valence-electron chi connectivity index (χ2n) is 8.63. The van der Waals surface area contributed by atoms with E-state index in [0.29, 0.717) is 18.8 Å². The molecule has 0 heterocycles. The van der Waals surface area contributed by atoms with E-state index in [1.807, 2.05) is 0 Å². The van der Waals surface area contributed by atoms with Crippen LogP contribution in [0.5, 0.6) is 0 Å². The van der Waals surface area contributed by atoms with E-state index < -0.39 is 11.6 Å². The summed E-state index contributed by atoms with van der Waals surface area (Å²) in [5.41, 5.74) is 5.69. The van der Waals surface area contributed by atoms with Gasteiger partial charge in [0.05, 0.1) is 0 Å². The van der Waals surface area contributed by atoms with Crippen molar-refractivity contribution in [2.24, 2.45) is 5.92 Å². The Hall–Kier alpha value is -1.96. The minimum Gasteiger partial charge on any atom is -0.204 e. The van der Waals surface area contributed by atoms with Crippen molar-refractivity contribution in [2.75, 3.05) is 0 Å². The molecule has 2 aromatic carbocycles. The van der Waals surface area contributed by atoms with E-state index in [9.17, 15) is 8.78 Å². The van der Waals surface area contributed by atoms with E-state index >= 15 is 0 Å². The lowest BCUT2D eigenvalue weighted by Crippen LogP contribution is -2.13. The van der Waals surface area contributed by atoms with Crippen LogP contribution >= 0.6 is 0 Å². The predicted molar refractivity (Wildman–Crippen MR) is 112 cm³/mol. The van der Waals surface area contributed by atoms with Crippen LogP contribution < -0.4 is 0 Å². The van der Waals surface area contributed by atoms with Gasteiger partial charge in [-0.25, -0.2) is 8.78 Å². The van der Waals surface area contributed by atoms with Gasteiger partial charge in [-0.1, -0.05) is 56.5 Å². The van der Waals surface area contributed by atoms with E-state index in [0.717, 1.165) is 17.0 Å². The maximum atomic E-state index is 13.6. The molecule has 2 aliphatic carbocycles. The molecule has 0 saturated heterocycles. The highest BCUT2D eigenvalue weighted by molar-refractivity contribution is 5.70. The van der Waals surface area contributed by atoms with Gasteiger partial charge in [0.1, 0.15) is 0 Å². The molecule has 4 rings (SSSR count). The maximum Gasteiger partial charge on any atom is 0.159 e. The third-order valence-electron chi connectivity index (χ3n) is 6.76. The third kappa shape index (κ3) is 4.21. The van der Waals surface area contributed by atoms with E-state index in [-0.39, 0.29) is 0 Å². The molecule has 148 valence electrons. The molecule has 0 aliphatic heterocycles. The molecule has 0 atom stereocenters. The third-order valence-corrected chi connectivity index (χ3v) is 6.76. The topological polar surface area (TPSA) is 0 Å². The van der Waals surface area contributed by atoms with Gasteiger partial charge in [-0.05, 0) is 90.3 Å². The van der Waals surface area contributed by atoms with Crippen LogP contribution in [0.1, 0.15) is 80.0 Å². The molecule has 2 aliphatic rings. The zero-order valence-electron chi connectivity index (χ0n) is 16.8. The van der Waals surface area contributed by atoms with Crippen LogP contribution in [0.15, 0.2) is 42.5 Å². The Morgan fingerprint density at radius 2 is 1.57 bits per heavy atom. The fourth-order valence-electron chi connectivity index (χ4n) is 4.96. The van der Waals surface area contributed by atoms with Crippen LogP contribution in [0.4, 0.5) is 8.78 Å². The molecule has 0 N–H and O–H groups in total. The number of hydrogen-bond acceptors (Lipinski definition) is 0. The summed E-state index contributed by atoms with van der Waals surface area (Å²) in [6, 6.07) is 11.7. The second-order valence-corrected chi connectivity index (χ2v) is 8.63. The van der Waals surface area contributed by atoms with Crippen molar-refractivity contribution >= 4 is 5.57 Å². The Labute approximate surface area is 167 Å². The van der Waals surface area contributed by atoms with Crippen molar-refractivity contribution in [1.82, 2.24) is 0 Å². The van der Waals surface area contributed by atoms with E-state index in [1.165, 1.54) is 73.8 Å². The number of hydrogen-bond donors (Lipinski definition) is 0. The van der Waals surface area contributed by atoms with Gasteiger partial charge in [0.15, 0.2) is 11.6 Å². The minimum absolute atomic E-state index is 0.672. The molecule has 2 aromatic rings. The van der Waals surface area contributed by atoms with Gasteiger partial charge in [0.2, 0.25) is 0 Å². The SMILES string of the molecule is CCCCC1CCC(c2ccc(C3=CCc4cc(F)c(F)cc4C3)cc2)CC1. The average molecular weight is 381 g/mol. The second kappa shape index (κ2) is 8.59. The quantitative estimate of drug-likeness (QED) is 0.501. The van der Waals surface area contributed by atoms with Crippen LogP contribution in [-0.4, -0.2) is 0 Å². The van der Waals surface area contributed by atoms with Crippen LogP contribution in [0.25, 0.3) is 5.57 Å². The normalized spacial score (nSPS) is 21.9. The Bertz CT molecular complexity index is 839. The summed E-state index contributed by atoms with van der Waals surface area (Å²) in [6.07, 6.45) is 13.0. The molecular weight excluding hydrogens is 350 g/mol. The highest BCUT2D eigenvalue weighted by atomic mass is 19.2. The molecule has 1 fully saturated rings. The molecule has 1 saturated carbocycles. The van der Waals surface area contributed by atoms with Crippen LogP contribution in [0.3, 0.4) is 0 Å². The first-order chi connectivity index (χ1) is 13.6. The molecule has 0 radical (unpaired) electrons. The number of rotatable bonds is 5. The fraction of sp³-hybridized carbons (Fsp3) is 0.462. The summed E-state index contributed by atoms with van der Waals surface area (Å²) in [6.45, 7) is 2.28. The maximum absolute atomic E-state index is 13.6. The lowest BCUT2D eigenvalue weighted by atomic mass is 9.77. The summed E-state index contributed by atoms with van der Waals surface area (Å²) in [5.74, 6) is 0.146. The van der Waals surface area contributed by atoms with Crippen molar-refractivity contribution in [2.45, 2.75) is 70.6 Å². The fourth-order valence-corrected chi connectivity index (χ4v) is 4.96. The Balaban J connectivity index is 1.40. The van der Waals surface area contributed by atoms with E-state index in [4.69, 9.17) is 0 Å². The first-order valence-corrected chi connectivity index (χ1v) is 10.9. The van der Waals surface area contributed by atoms with Gasteiger partial charge in [-0.3, -0.25) is 0 Å². The summed E-state index contributed by atoms with van der Waals surface area (Å²) < 4.78 is 27.0. The zero-order valence-corrected chi connectivity index (χ0v) is 16.8. The predicted octanol–water partition coefficient (Wildman–Crippen LogP) is 7.61. The minimum atomic E-state index is -0.746.